The molecule has 1 unspecified atom stereocenters. The predicted octanol–water partition coefficient (Wildman–Crippen LogP) is 3.58. The van der Waals surface area contributed by atoms with E-state index in [0.717, 1.165) is 21.4 Å². The summed E-state index contributed by atoms with van der Waals surface area (Å²) in [5.41, 5.74) is 7.82. The zero-order chi connectivity index (χ0) is 12.6. The second-order valence-electron chi connectivity index (χ2n) is 5.15. The fourth-order valence-corrected chi connectivity index (χ4v) is 3.18. The van der Waals surface area contributed by atoms with Crippen molar-refractivity contribution in [1.82, 2.24) is 9.97 Å². The molecule has 2 rings (SSSR count). The molecule has 0 aliphatic rings. The quantitative estimate of drug-likeness (QED) is 0.904. The van der Waals surface area contributed by atoms with E-state index >= 15 is 0 Å². The molecule has 0 bridgehead atoms. The van der Waals surface area contributed by atoms with Crippen molar-refractivity contribution in [1.29, 1.82) is 0 Å². The highest BCUT2D eigenvalue weighted by Gasteiger charge is 2.19. The van der Waals surface area contributed by atoms with Gasteiger partial charge >= 0.3 is 0 Å². The van der Waals surface area contributed by atoms with E-state index in [1.54, 1.807) is 22.7 Å². The van der Waals surface area contributed by atoms with Crippen molar-refractivity contribution in [3.05, 3.63) is 21.5 Å². The first-order chi connectivity index (χ1) is 7.88. The molecule has 0 radical (unpaired) electrons. The summed E-state index contributed by atoms with van der Waals surface area (Å²) in [6, 6.07) is -0.0132. The van der Waals surface area contributed by atoms with Crippen molar-refractivity contribution >= 4 is 22.7 Å². The maximum atomic E-state index is 5.81. The van der Waals surface area contributed by atoms with Crippen LogP contribution in [0.3, 0.4) is 0 Å². The Morgan fingerprint density at radius 2 is 1.88 bits per heavy atom. The fourth-order valence-electron chi connectivity index (χ4n) is 1.33. The molecule has 3 nitrogen and oxygen atoms in total. The van der Waals surface area contributed by atoms with Gasteiger partial charge in [-0.1, -0.05) is 20.8 Å². The number of nitrogens with two attached hydrogens (primary N) is 1. The van der Waals surface area contributed by atoms with Gasteiger partial charge in [0.1, 0.15) is 10.7 Å². The Morgan fingerprint density at radius 3 is 2.35 bits per heavy atom. The highest BCUT2D eigenvalue weighted by molar-refractivity contribution is 7.14. The van der Waals surface area contributed by atoms with Gasteiger partial charge in [-0.15, -0.1) is 22.7 Å². The molecule has 2 heterocycles. The van der Waals surface area contributed by atoms with Crippen LogP contribution in [-0.4, -0.2) is 9.97 Å². The lowest BCUT2D eigenvalue weighted by Crippen LogP contribution is -2.10. The minimum absolute atomic E-state index is 0.0132. The molecular weight excluding hydrogens is 250 g/mol. The largest absolute Gasteiger partial charge is 0.323 e. The van der Waals surface area contributed by atoms with Crippen molar-refractivity contribution in [2.45, 2.75) is 39.2 Å². The Kier molecular flexibility index (Phi) is 3.34. The van der Waals surface area contributed by atoms with Gasteiger partial charge in [0.25, 0.3) is 0 Å². The van der Waals surface area contributed by atoms with Crippen LogP contribution in [0.25, 0.3) is 10.7 Å². The number of hydrogen-bond acceptors (Lipinski definition) is 5. The van der Waals surface area contributed by atoms with Gasteiger partial charge in [-0.25, -0.2) is 9.97 Å². The van der Waals surface area contributed by atoms with Crippen LogP contribution in [0.2, 0.25) is 0 Å². The Bertz CT molecular complexity index is 506. The summed E-state index contributed by atoms with van der Waals surface area (Å²) in [6.07, 6.45) is 0. The third kappa shape index (κ3) is 2.73. The lowest BCUT2D eigenvalue weighted by molar-refractivity contribution is 0.586. The first-order valence-corrected chi connectivity index (χ1v) is 7.31. The van der Waals surface area contributed by atoms with Crippen molar-refractivity contribution in [2.75, 3.05) is 0 Å². The van der Waals surface area contributed by atoms with E-state index in [0.29, 0.717) is 0 Å². The normalized spacial score (nSPS) is 13.9. The Morgan fingerprint density at radius 1 is 1.18 bits per heavy atom. The number of rotatable bonds is 2. The van der Waals surface area contributed by atoms with Crippen molar-refractivity contribution < 1.29 is 0 Å². The lowest BCUT2D eigenvalue weighted by Gasteiger charge is -2.13. The van der Waals surface area contributed by atoms with E-state index < -0.39 is 0 Å². The van der Waals surface area contributed by atoms with Crippen LogP contribution in [-0.2, 0) is 5.41 Å². The number of nitrogens with zero attached hydrogens (tertiary/aromatic N) is 2. The van der Waals surface area contributed by atoms with E-state index in [-0.39, 0.29) is 11.5 Å². The summed E-state index contributed by atoms with van der Waals surface area (Å²) in [7, 11) is 0. The molecule has 2 aromatic heterocycles. The average molecular weight is 267 g/mol. The van der Waals surface area contributed by atoms with E-state index in [4.69, 9.17) is 5.73 Å². The first-order valence-electron chi connectivity index (χ1n) is 5.55. The summed E-state index contributed by atoms with van der Waals surface area (Å²) in [4.78, 5) is 9.16. The van der Waals surface area contributed by atoms with Crippen molar-refractivity contribution in [2.24, 2.45) is 5.73 Å². The molecule has 92 valence electrons. The molecule has 0 saturated heterocycles. The molecule has 0 aliphatic carbocycles. The van der Waals surface area contributed by atoms with E-state index in [2.05, 4.69) is 36.1 Å². The summed E-state index contributed by atoms with van der Waals surface area (Å²) in [5, 5.41) is 6.19. The van der Waals surface area contributed by atoms with Gasteiger partial charge in [-0.3, -0.25) is 0 Å². The smallest absolute Gasteiger partial charge is 0.143 e. The summed E-state index contributed by atoms with van der Waals surface area (Å²) < 4.78 is 0. The molecular formula is C12H17N3S2. The molecule has 0 amide bonds. The summed E-state index contributed by atoms with van der Waals surface area (Å²) in [5.74, 6) is 0. The van der Waals surface area contributed by atoms with E-state index in [9.17, 15) is 0 Å². The zero-order valence-corrected chi connectivity index (χ0v) is 12.2. The summed E-state index contributed by atoms with van der Waals surface area (Å²) in [6.45, 7) is 8.46. The highest BCUT2D eigenvalue weighted by atomic mass is 32.1. The van der Waals surface area contributed by atoms with Crippen LogP contribution in [0, 0.1) is 0 Å². The zero-order valence-electron chi connectivity index (χ0n) is 10.5. The van der Waals surface area contributed by atoms with Crippen molar-refractivity contribution in [3.8, 4) is 10.7 Å². The molecule has 0 aromatic carbocycles. The van der Waals surface area contributed by atoms with E-state index in [1.807, 2.05) is 12.3 Å². The number of aromatic nitrogens is 2. The molecule has 2 aromatic rings. The number of thiazole rings is 2. The molecule has 0 fully saturated rings. The standard InChI is InChI=1S/C12H17N3S2/c1-7(13)8-5-16-10(14-8)9-6-17-11(15-9)12(2,3)4/h5-7H,13H2,1-4H3. The maximum absolute atomic E-state index is 5.81. The van der Waals surface area contributed by atoms with Crippen molar-refractivity contribution in [3.63, 3.8) is 0 Å². The number of hydrogen-bond donors (Lipinski definition) is 1. The molecule has 0 aliphatic heterocycles. The predicted molar refractivity (Wildman–Crippen MR) is 74.5 cm³/mol. The summed E-state index contributed by atoms with van der Waals surface area (Å²) >= 11 is 3.30. The maximum Gasteiger partial charge on any atom is 0.143 e. The van der Waals surface area contributed by atoms with Gasteiger partial charge in [-0.05, 0) is 6.92 Å². The van der Waals surface area contributed by atoms with Crippen LogP contribution in [0.4, 0.5) is 0 Å². The van der Waals surface area contributed by atoms with Gasteiger partial charge < -0.3 is 5.73 Å². The second kappa shape index (κ2) is 4.48. The molecule has 5 heteroatoms. The highest BCUT2D eigenvalue weighted by Crippen LogP contribution is 2.31. The van der Waals surface area contributed by atoms with Gasteiger partial charge in [0.2, 0.25) is 0 Å². The second-order valence-corrected chi connectivity index (χ2v) is 6.87. The van der Waals surface area contributed by atoms with Gasteiger partial charge in [0.15, 0.2) is 0 Å². The molecule has 17 heavy (non-hydrogen) atoms. The Labute approximate surface area is 110 Å². The monoisotopic (exact) mass is 267 g/mol. The topological polar surface area (TPSA) is 51.8 Å². The van der Waals surface area contributed by atoms with E-state index in [1.165, 1.54) is 0 Å². The van der Waals surface area contributed by atoms with Crippen LogP contribution in [0.1, 0.15) is 44.4 Å². The molecule has 2 N–H and O–H groups in total. The molecule has 1 atom stereocenters. The third-order valence-corrected chi connectivity index (χ3v) is 4.50. The van der Waals surface area contributed by atoms with Gasteiger partial charge in [0, 0.05) is 22.2 Å². The first kappa shape index (κ1) is 12.7. The van der Waals surface area contributed by atoms with Gasteiger partial charge in [-0.2, -0.15) is 0 Å². The Balaban J connectivity index is 2.31. The SMILES string of the molecule is CC(N)c1csc(-c2csc(C(C)(C)C)n2)n1. The van der Waals surface area contributed by atoms with Crippen LogP contribution < -0.4 is 5.73 Å². The fraction of sp³-hybridized carbons (Fsp3) is 0.500. The van der Waals surface area contributed by atoms with Gasteiger partial charge in [0.05, 0.1) is 10.7 Å². The molecule has 0 saturated carbocycles. The lowest BCUT2D eigenvalue weighted by atomic mass is 9.98. The third-order valence-electron chi connectivity index (χ3n) is 2.35. The minimum Gasteiger partial charge on any atom is -0.323 e. The van der Waals surface area contributed by atoms with Crippen LogP contribution in [0.5, 0.6) is 0 Å². The molecule has 0 spiro atoms. The van der Waals surface area contributed by atoms with Crippen LogP contribution in [0.15, 0.2) is 10.8 Å². The average Bonchev–Trinajstić information content (AvgIpc) is 2.85. The minimum atomic E-state index is -0.0132. The Hall–Kier alpha value is -0.780. The van der Waals surface area contributed by atoms with Crippen LogP contribution >= 0.6 is 22.7 Å².